The molecule has 0 spiro atoms. The minimum atomic E-state index is -2.62. The molecule has 3 N–H and O–H groups in total. The Morgan fingerprint density at radius 3 is 2.50 bits per heavy atom. The van der Waals surface area contributed by atoms with Gasteiger partial charge in [-0.3, -0.25) is 4.79 Å². The van der Waals surface area contributed by atoms with Crippen molar-refractivity contribution in [2.24, 2.45) is 5.73 Å². The van der Waals surface area contributed by atoms with Gasteiger partial charge in [0.1, 0.15) is 0 Å². The maximum absolute atomic E-state index is 13.9. The standard InChI is InChI=1S/C31H36F2N4O3/c32-31(33)15-13-25(14-16-31)37-21-27(23-9-7-8-22(18-23)20-34)26-12-11-24(19-28(26)37)36-29(38)10-5-3-1-2-4-6-17-40-30(35)39/h7-9,11-12,18-19,21,25H,1-6,10,13-17H2,(H2,35,39)(H,36,38). The van der Waals surface area contributed by atoms with Crippen LogP contribution < -0.4 is 11.1 Å². The molecule has 1 aliphatic rings. The van der Waals surface area contributed by atoms with Crippen molar-refractivity contribution < 1.29 is 23.1 Å². The van der Waals surface area contributed by atoms with E-state index in [1.807, 2.05) is 42.6 Å². The predicted octanol–water partition coefficient (Wildman–Crippen LogP) is 7.69. The van der Waals surface area contributed by atoms with Crippen LogP contribution in [0, 0.1) is 11.3 Å². The Morgan fingerprint density at radius 1 is 1.05 bits per heavy atom. The molecule has 0 saturated heterocycles. The zero-order chi connectivity index (χ0) is 28.5. The van der Waals surface area contributed by atoms with Gasteiger partial charge >= 0.3 is 6.09 Å². The van der Waals surface area contributed by atoms with Crippen LogP contribution >= 0.6 is 0 Å². The fourth-order valence-corrected chi connectivity index (χ4v) is 5.41. The highest BCUT2D eigenvalue weighted by Crippen LogP contribution is 2.42. The number of nitrogens with two attached hydrogens (primary N) is 1. The molecule has 1 heterocycles. The molecule has 1 fully saturated rings. The van der Waals surface area contributed by atoms with Crippen molar-refractivity contribution in [1.29, 1.82) is 5.26 Å². The third kappa shape index (κ3) is 7.81. The van der Waals surface area contributed by atoms with E-state index in [0.717, 1.165) is 60.6 Å². The molecule has 4 rings (SSSR count). The molecule has 1 aliphatic carbocycles. The van der Waals surface area contributed by atoms with Crippen molar-refractivity contribution in [2.75, 3.05) is 11.9 Å². The van der Waals surface area contributed by atoms with Gasteiger partial charge in [0.05, 0.1) is 23.8 Å². The number of hydrogen-bond acceptors (Lipinski definition) is 4. The predicted molar refractivity (Wildman–Crippen MR) is 151 cm³/mol. The molecule has 7 nitrogen and oxygen atoms in total. The SMILES string of the molecule is N#Cc1cccc(-c2cn(C3CCC(F)(F)CC3)c3cc(NC(=O)CCCCCCCCOC(N)=O)ccc23)c1. The summed E-state index contributed by atoms with van der Waals surface area (Å²) in [6, 6.07) is 15.2. The number of halogens is 2. The Hall–Kier alpha value is -3.93. The average Bonchev–Trinajstić information content (AvgIpc) is 3.31. The highest BCUT2D eigenvalue weighted by Gasteiger charge is 2.36. The lowest BCUT2D eigenvalue weighted by molar-refractivity contribution is -0.116. The molecule has 3 aromatic rings. The normalized spacial score (nSPS) is 15.0. The number of amides is 2. The van der Waals surface area contributed by atoms with Gasteiger partial charge in [0, 0.05) is 48.1 Å². The van der Waals surface area contributed by atoms with Crippen molar-refractivity contribution in [3.63, 3.8) is 0 Å². The number of carbonyl (C=O) groups is 2. The number of hydrogen-bond donors (Lipinski definition) is 2. The van der Waals surface area contributed by atoms with Crippen LogP contribution in [0.25, 0.3) is 22.0 Å². The Morgan fingerprint density at radius 2 is 1.77 bits per heavy atom. The van der Waals surface area contributed by atoms with Crippen molar-refractivity contribution in [1.82, 2.24) is 4.57 Å². The average molecular weight is 551 g/mol. The van der Waals surface area contributed by atoms with Crippen LogP contribution in [0.15, 0.2) is 48.7 Å². The van der Waals surface area contributed by atoms with Crippen LogP contribution in [0.5, 0.6) is 0 Å². The quantitative estimate of drug-likeness (QED) is 0.225. The Bertz CT molecular complexity index is 1370. The van der Waals surface area contributed by atoms with Crippen LogP contribution in [-0.2, 0) is 9.53 Å². The van der Waals surface area contributed by atoms with Gasteiger partial charge < -0.3 is 20.4 Å². The zero-order valence-corrected chi connectivity index (χ0v) is 22.6. The molecular weight excluding hydrogens is 514 g/mol. The molecule has 1 aromatic heterocycles. The van der Waals surface area contributed by atoms with Gasteiger partial charge in [-0.2, -0.15) is 5.26 Å². The van der Waals surface area contributed by atoms with E-state index in [2.05, 4.69) is 16.0 Å². The molecule has 2 amide bonds. The summed E-state index contributed by atoms with van der Waals surface area (Å²) in [5.41, 5.74) is 8.86. The summed E-state index contributed by atoms with van der Waals surface area (Å²) in [7, 11) is 0. The van der Waals surface area contributed by atoms with Gasteiger partial charge in [-0.15, -0.1) is 0 Å². The molecule has 0 radical (unpaired) electrons. The smallest absolute Gasteiger partial charge is 0.404 e. The number of nitrogens with zero attached hydrogens (tertiary/aromatic N) is 2. The third-order valence-electron chi connectivity index (χ3n) is 7.54. The van der Waals surface area contributed by atoms with Crippen LogP contribution in [0.4, 0.5) is 19.3 Å². The van der Waals surface area contributed by atoms with Gasteiger partial charge in [0.25, 0.3) is 0 Å². The van der Waals surface area contributed by atoms with E-state index in [1.165, 1.54) is 0 Å². The fraction of sp³-hybridized carbons (Fsp3) is 0.452. The number of primary amides is 1. The molecule has 0 aliphatic heterocycles. The highest BCUT2D eigenvalue weighted by molar-refractivity contribution is 6.00. The summed E-state index contributed by atoms with van der Waals surface area (Å²) in [5.74, 6) is -2.69. The van der Waals surface area contributed by atoms with Crippen molar-refractivity contribution in [2.45, 2.75) is 82.6 Å². The van der Waals surface area contributed by atoms with E-state index in [0.29, 0.717) is 37.1 Å². The molecule has 0 atom stereocenters. The maximum Gasteiger partial charge on any atom is 0.404 e. The number of ether oxygens (including phenoxy) is 1. The van der Waals surface area contributed by atoms with E-state index in [4.69, 9.17) is 10.5 Å². The first-order valence-corrected chi connectivity index (χ1v) is 14.0. The largest absolute Gasteiger partial charge is 0.450 e. The second-order valence-corrected chi connectivity index (χ2v) is 10.5. The van der Waals surface area contributed by atoms with Gasteiger partial charge in [-0.25, -0.2) is 13.6 Å². The first kappa shape index (κ1) is 29.1. The number of unbranched alkanes of at least 4 members (excludes halogenated alkanes) is 5. The number of anilines is 1. The van der Waals surface area contributed by atoms with Gasteiger partial charge in [-0.1, -0.05) is 43.9 Å². The number of fused-ring (bicyclic) bond motifs is 1. The minimum absolute atomic E-state index is 0.0634. The Labute approximate surface area is 233 Å². The highest BCUT2D eigenvalue weighted by atomic mass is 19.3. The number of nitriles is 1. The van der Waals surface area contributed by atoms with Crippen LogP contribution in [-0.4, -0.2) is 29.1 Å². The van der Waals surface area contributed by atoms with Crippen LogP contribution in [0.1, 0.15) is 82.2 Å². The van der Waals surface area contributed by atoms with E-state index in [-0.39, 0.29) is 24.8 Å². The number of rotatable bonds is 12. The fourth-order valence-electron chi connectivity index (χ4n) is 5.41. The third-order valence-corrected chi connectivity index (χ3v) is 7.54. The molecule has 0 unspecified atom stereocenters. The molecule has 40 heavy (non-hydrogen) atoms. The lowest BCUT2D eigenvalue weighted by Gasteiger charge is -2.29. The van der Waals surface area contributed by atoms with Gasteiger partial charge in [-0.05, 0) is 55.5 Å². The topological polar surface area (TPSA) is 110 Å². The Kier molecular flexibility index (Phi) is 9.75. The number of carbonyl (C=O) groups excluding carboxylic acids is 2. The lowest BCUT2D eigenvalue weighted by atomic mass is 9.92. The number of alkyl halides is 2. The maximum atomic E-state index is 13.9. The van der Waals surface area contributed by atoms with Gasteiger partial charge in [0.2, 0.25) is 11.8 Å². The van der Waals surface area contributed by atoms with E-state index < -0.39 is 12.0 Å². The molecule has 0 bridgehead atoms. The Balaban J connectivity index is 1.42. The van der Waals surface area contributed by atoms with Crippen molar-refractivity contribution in [3.8, 4) is 17.2 Å². The summed E-state index contributed by atoms with van der Waals surface area (Å²) >= 11 is 0. The molecular formula is C31H36F2N4O3. The molecule has 1 saturated carbocycles. The molecule has 2 aromatic carbocycles. The van der Waals surface area contributed by atoms with Crippen molar-refractivity contribution >= 4 is 28.6 Å². The summed E-state index contributed by atoms with van der Waals surface area (Å²) in [4.78, 5) is 23.2. The second kappa shape index (κ2) is 13.4. The number of aromatic nitrogens is 1. The lowest BCUT2D eigenvalue weighted by Crippen LogP contribution is -2.26. The number of benzene rings is 2. The minimum Gasteiger partial charge on any atom is -0.450 e. The van der Waals surface area contributed by atoms with Crippen molar-refractivity contribution in [3.05, 3.63) is 54.2 Å². The summed E-state index contributed by atoms with van der Waals surface area (Å²) in [6.45, 7) is 0.340. The first-order chi connectivity index (χ1) is 19.3. The summed E-state index contributed by atoms with van der Waals surface area (Å²) < 4.78 is 34.6. The monoisotopic (exact) mass is 550 g/mol. The van der Waals surface area contributed by atoms with E-state index in [1.54, 1.807) is 6.07 Å². The van der Waals surface area contributed by atoms with Crippen LogP contribution in [0.2, 0.25) is 0 Å². The second-order valence-electron chi connectivity index (χ2n) is 10.5. The summed E-state index contributed by atoms with van der Waals surface area (Å²) in [6.07, 6.45) is 7.57. The van der Waals surface area contributed by atoms with E-state index in [9.17, 15) is 23.6 Å². The van der Waals surface area contributed by atoms with Crippen LogP contribution in [0.3, 0.4) is 0 Å². The molecule has 9 heteroatoms. The molecule has 212 valence electrons. The zero-order valence-electron chi connectivity index (χ0n) is 22.6. The van der Waals surface area contributed by atoms with Gasteiger partial charge in [0.15, 0.2) is 0 Å². The summed E-state index contributed by atoms with van der Waals surface area (Å²) in [5, 5.41) is 13.3. The first-order valence-electron chi connectivity index (χ1n) is 14.0. The number of nitrogens with one attached hydrogen (secondary N) is 1. The van der Waals surface area contributed by atoms with E-state index >= 15 is 0 Å².